The smallest absolute Gasteiger partial charge is 0.415 e. The van der Waals surface area contributed by atoms with E-state index in [4.69, 9.17) is 15.9 Å². The Kier molecular flexibility index (Phi) is 18.2. The molecule has 3 aliphatic rings. The van der Waals surface area contributed by atoms with Crippen molar-refractivity contribution in [2.75, 3.05) is 30.7 Å². The summed E-state index contributed by atoms with van der Waals surface area (Å²) in [5.41, 5.74) is 5.91. The number of primary amides is 1. The summed E-state index contributed by atoms with van der Waals surface area (Å²) in [6, 6.07) is 3.04. The topological polar surface area (TPSA) is 311 Å². The van der Waals surface area contributed by atoms with Crippen LogP contribution in [0.5, 0.6) is 0 Å². The van der Waals surface area contributed by atoms with Gasteiger partial charge in [-0.1, -0.05) is 32.4 Å². The van der Waals surface area contributed by atoms with Gasteiger partial charge in [-0.2, -0.15) is 0 Å². The number of hydrogen-bond acceptors (Lipinski definition) is 13. The van der Waals surface area contributed by atoms with Gasteiger partial charge >= 0.3 is 18.1 Å². The van der Waals surface area contributed by atoms with E-state index in [9.17, 15) is 53.4 Å². The molecule has 5 atom stereocenters. The molecule has 63 heavy (non-hydrogen) atoms. The van der Waals surface area contributed by atoms with Gasteiger partial charge < -0.3 is 46.9 Å². The van der Waals surface area contributed by atoms with Crippen LogP contribution in [-0.4, -0.2) is 134 Å². The molecule has 0 spiro atoms. The standard InChI is InChI=1S/C41H55N9O12S/c1-23(2)34(47-30(52)9-5-4-6-17-49-31(53)14-15-32(49)54)37(56)46-27(8-7-16-44-40(43)60)36(55)45-26-12-10-25(11-13-26)21-62-41(61)48(22-42)18-19-63-29-20-28-33(24(3)51)38(57)50(28)35(29)39(58)59/h10-15,22-24,27-28,33-34,42,51H,4-9,16-21H2,1-3H3,(H,45,55)(H,46,56)(H,47,52)(H,58,59)(H3,43,44,60)/t24-,27+,28-,33-,34+/m1/s1. The number of urea groups is 1. The first-order valence-corrected chi connectivity index (χ1v) is 21.5. The molecule has 0 aliphatic carbocycles. The summed E-state index contributed by atoms with van der Waals surface area (Å²) in [4.78, 5) is 115. The van der Waals surface area contributed by atoms with Crippen molar-refractivity contribution in [2.24, 2.45) is 17.6 Å². The predicted octanol–water partition coefficient (Wildman–Crippen LogP) is 1.37. The number of carbonyl (C=O) groups is 9. The van der Waals surface area contributed by atoms with E-state index in [1.807, 2.05) is 0 Å². The molecule has 0 aromatic heterocycles. The van der Waals surface area contributed by atoms with Gasteiger partial charge in [0.25, 0.3) is 11.8 Å². The number of nitrogens with one attached hydrogen (secondary N) is 5. The van der Waals surface area contributed by atoms with E-state index < -0.39 is 66.0 Å². The number of aliphatic carboxylic acids is 1. The number of benzene rings is 1. The molecule has 3 heterocycles. The van der Waals surface area contributed by atoms with E-state index in [-0.39, 0.29) is 87.0 Å². The van der Waals surface area contributed by atoms with E-state index in [1.54, 1.807) is 38.1 Å². The number of amides is 9. The highest BCUT2D eigenvalue weighted by Gasteiger charge is 2.56. The Morgan fingerprint density at radius 2 is 1.67 bits per heavy atom. The highest BCUT2D eigenvalue weighted by Crippen LogP contribution is 2.47. The lowest BCUT2D eigenvalue weighted by Gasteiger charge is -2.44. The highest BCUT2D eigenvalue weighted by atomic mass is 32.2. The van der Waals surface area contributed by atoms with Crippen LogP contribution in [0.1, 0.15) is 71.3 Å². The Morgan fingerprint density at radius 3 is 2.27 bits per heavy atom. The van der Waals surface area contributed by atoms with Crippen LogP contribution in [0.15, 0.2) is 47.0 Å². The van der Waals surface area contributed by atoms with E-state index in [0.717, 1.165) is 27.9 Å². The Morgan fingerprint density at radius 1 is 0.984 bits per heavy atom. The number of fused-ring (bicyclic) bond motifs is 1. The maximum absolute atomic E-state index is 13.5. The average Bonchev–Trinajstić information content (AvgIpc) is 3.73. The maximum Gasteiger partial charge on any atom is 0.415 e. The third-order valence-electron chi connectivity index (χ3n) is 10.5. The first-order chi connectivity index (χ1) is 29.9. The van der Waals surface area contributed by atoms with Gasteiger partial charge in [-0.3, -0.25) is 44.0 Å². The van der Waals surface area contributed by atoms with Gasteiger partial charge in [0.1, 0.15) is 24.4 Å². The van der Waals surface area contributed by atoms with Crippen molar-refractivity contribution < 1.29 is 58.1 Å². The molecular formula is C41H55N9O12S. The number of aliphatic hydroxyl groups excluding tert-OH is 1. The third kappa shape index (κ3) is 13.6. The molecule has 0 saturated carbocycles. The molecular weight excluding hydrogens is 843 g/mol. The van der Waals surface area contributed by atoms with E-state index >= 15 is 0 Å². The zero-order valence-electron chi connectivity index (χ0n) is 35.3. The van der Waals surface area contributed by atoms with Crippen LogP contribution in [0.2, 0.25) is 0 Å². The SMILES string of the molecule is CC(C)[C@H](NC(=O)CCCCCN1C(=O)C=CC1=O)C(=O)N[C@@H](CCCNC(N)=O)C(=O)Nc1ccc(COC(=O)N(C=N)CCSC2=C(C(=O)O)N3C(=O)[C@H]([C@@H](C)O)[C@H]3C2)cc1. The van der Waals surface area contributed by atoms with Crippen LogP contribution in [0.3, 0.4) is 0 Å². The minimum Gasteiger partial charge on any atom is -0.477 e. The van der Waals surface area contributed by atoms with Crippen molar-refractivity contribution in [2.45, 2.75) is 96.6 Å². The molecule has 9 N–H and O–H groups in total. The molecule has 0 bridgehead atoms. The fraction of sp³-hybridized carbons (Fsp3) is 0.512. The second kappa shape index (κ2) is 23.2. The van der Waals surface area contributed by atoms with Crippen molar-refractivity contribution in [1.82, 2.24) is 30.7 Å². The summed E-state index contributed by atoms with van der Waals surface area (Å²) in [6.45, 7) is 5.15. The molecule has 21 nitrogen and oxygen atoms in total. The molecule has 0 radical (unpaired) electrons. The molecule has 342 valence electrons. The zero-order chi connectivity index (χ0) is 46.4. The van der Waals surface area contributed by atoms with Gasteiger partial charge in [-0.05, 0) is 56.2 Å². The summed E-state index contributed by atoms with van der Waals surface area (Å²) in [5.74, 6) is -4.85. The number of rotatable bonds is 25. The van der Waals surface area contributed by atoms with Crippen LogP contribution in [0, 0.1) is 17.2 Å². The van der Waals surface area contributed by atoms with Gasteiger partial charge in [0.05, 0.1) is 24.4 Å². The van der Waals surface area contributed by atoms with Crippen LogP contribution >= 0.6 is 11.8 Å². The summed E-state index contributed by atoms with van der Waals surface area (Å²) in [5, 5.41) is 38.0. The number of nitrogens with two attached hydrogens (primary N) is 1. The number of imide groups is 1. The number of thioether (sulfide) groups is 1. The monoisotopic (exact) mass is 897 g/mol. The highest BCUT2D eigenvalue weighted by molar-refractivity contribution is 8.03. The van der Waals surface area contributed by atoms with E-state index in [2.05, 4.69) is 21.3 Å². The van der Waals surface area contributed by atoms with Gasteiger partial charge in [0.2, 0.25) is 23.6 Å². The molecule has 3 aliphatic heterocycles. The number of anilines is 1. The Balaban J connectivity index is 1.26. The fourth-order valence-corrected chi connectivity index (χ4v) is 8.33. The van der Waals surface area contributed by atoms with Crippen molar-refractivity contribution >= 4 is 77.3 Å². The number of hydrogen-bond donors (Lipinski definition) is 8. The number of carbonyl (C=O) groups excluding carboxylic acids is 8. The van der Waals surface area contributed by atoms with Crippen LogP contribution in [-0.2, 0) is 44.9 Å². The summed E-state index contributed by atoms with van der Waals surface area (Å²) in [6.07, 6.45) is 3.72. The second-order valence-electron chi connectivity index (χ2n) is 15.5. The van der Waals surface area contributed by atoms with Crippen LogP contribution in [0.25, 0.3) is 0 Å². The van der Waals surface area contributed by atoms with Crippen molar-refractivity contribution in [3.8, 4) is 0 Å². The summed E-state index contributed by atoms with van der Waals surface area (Å²) < 4.78 is 5.37. The summed E-state index contributed by atoms with van der Waals surface area (Å²) in [7, 11) is 0. The average molecular weight is 898 g/mol. The van der Waals surface area contributed by atoms with Crippen LogP contribution < -0.4 is 27.0 Å². The molecule has 0 unspecified atom stereocenters. The molecule has 1 aromatic rings. The van der Waals surface area contributed by atoms with Gasteiger partial charge in [0, 0.05) is 61.0 Å². The molecule has 1 saturated heterocycles. The van der Waals surface area contributed by atoms with Crippen molar-refractivity contribution in [3.05, 3.63) is 52.6 Å². The van der Waals surface area contributed by atoms with E-state index in [0.29, 0.717) is 35.4 Å². The number of unbranched alkanes of at least 4 members (excludes halogenated alkanes) is 2. The number of carboxylic acid groups (broad SMARTS) is 1. The van der Waals surface area contributed by atoms with E-state index in [1.165, 1.54) is 24.0 Å². The fourth-order valence-electron chi connectivity index (χ4n) is 7.19. The minimum atomic E-state index is -1.26. The number of β-lactam (4-membered cyclic amide) rings is 1. The third-order valence-corrected chi connectivity index (χ3v) is 11.6. The second-order valence-corrected chi connectivity index (χ2v) is 16.7. The molecule has 1 fully saturated rings. The van der Waals surface area contributed by atoms with Gasteiger partial charge in [-0.15, -0.1) is 11.8 Å². The van der Waals surface area contributed by atoms with Crippen molar-refractivity contribution in [3.63, 3.8) is 0 Å². The zero-order valence-corrected chi connectivity index (χ0v) is 36.1. The number of carboxylic acids is 1. The lowest BCUT2D eigenvalue weighted by atomic mass is 9.83. The molecule has 4 rings (SSSR count). The Labute approximate surface area is 368 Å². The Bertz CT molecular complexity index is 1970. The van der Waals surface area contributed by atoms with Crippen LogP contribution in [0.4, 0.5) is 15.3 Å². The normalized spacial score (nSPS) is 18.0. The predicted molar refractivity (Wildman–Crippen MR) is 228 cm³/mol. The maximum atomic E-state index is 13.5. The largest absolute Gasteiger partial charge is 0.477 e. The minimum absolute atomic E-state index is 0.000502. The quantitative estimate of drug-likeness (QED) is 0.0226. The first-order valence-electron chi connectivity index (χ1n) is 20.5. The molecule has 22 heteroatoms. The number of aliphatic hydroxyl groups is 1. The summed E-state index contributed by atoms with van der Waals surface area (Å²) >= 11 is 1.15. The van der Waals surface area contributed by atoms with Gasteiger partial charge in [-0.25, -0.2) is 14.4 Å². The lowest BCUT2D eigenvalue weighted by molar-refractivity contribution is -0.161. The number of nitrogens with zero attached hydrogens (tertiary/aromatic N) is 3. The molecule has 9 amide bonds. The lowest BCUT2D eigenvalue weighted by Crippen LogP contribution is -2.61. The van der Waals surface area contributed by atoms with Gasteiger partial charge in [0.15, 0.2) is 0 Å². The molecule has 1 aromatic carbocycles. The number of ether oxygens (including phenoxy) is 1. The first kappa shape index (κ1) is 49.4. The Hall–Kier alpha value is -6.29. The van der Waals surface area contributed by atoms with Crippen molar-refractivity contribution in [1.29, 1.82) is 5.41 Å².